The minimum atomic E-state index is -1.19. The molecule has 1 heterocycles. The van der Waals surface area contributed by atoms with Crippen LogP contribution in [-0.2, 0) is 4.79 Å². The smallest absolute Gasteiger partial charge is 0.139 e. The van der Waals surface area contributed by atoms with Crippen molar-refractivity contribution in [2.75, 3.05) is 13.2 Å². The van der Waals surface area contributed by atoms with Gasteiger partial charge in [-0.05, 0) is 0 Å². The highest BCUT2D eigenvalue weighted by Gasteiger charge is 2.44. The topological polar surface area (TPSA) is 69.6 Å². The van der Waals surface area contributed by atoms with Crippen LogP contribution < -0.4 is 5.32 Å². The molecule has 0 bridgehead atoms. The highest BCUT2D eigenvalue weighted by molar-refractivity contribution is 5.62. The van der Waals surface area contributed by atoms with Gasteiger partial charge >= 0.3 is 0 Å². The Kier molecular flexibility index (Phi) is 1.52. The highest BCUT2D eigenvalue weighted by Crippen LogP contribution is 2.15. The summed E-state index contributed by atoms with van der Waals surface area (Å²) in [5.41, 5.74) is -1.19. The Morgan fingerprint density at radius 2 is 2.56 bits per heavy atom. The number of hydrogen-bond donors (Lipinski definition) is 3. The Morgan fingerprint density at radius 3 is 2.67 bits per heavy atom. The molecule has 0 radical (unpaired) electrons. The molecule has 0 aliphatic carbocycles. The summed E-state index contributed by atoms with van der Waals surface area (Å²) in [6.45, 7) is -0.0592. The van der Waals surface area contributed by atoms with Crippen LogP contribution in [0.3, 0.4) is 0 Å². The van der Waals surface area contributed by atoms with Gasteiger partial charge in [-0.25, -0.2) is 0 Å². The molecule has 52 valence electrons. The molecule has 9 heavy (non-hydrogen) atoms. The molecule has 4 heteroatoms. The van der Waals surface area contributed by atoms with Crippen molar-refractivity contribution in [3.05, 3.63) is 0 Å². The standard InChI is InChI=1S/C5H9NO3/c7-1-4-5(9,3-8)2-6-4/h1,4,6,8-9H,2-3H2. The van der Waals surface area contributed by atoms with Gasteiger partial charge in [-0.15, -0.1) is 0 Å². The predicted octanol–water partition coefficient (Wildman–Crippen LogP) is -2.12. The lowest BCUT2D eigenvalue weighted by Gasteiger charge is -2.41. The van der Waals surface area contributed by atoms with Crippen LogP contribution >= 0.6 is 0 Å². The van der Waals surface area contributed by atoms with Crippen molar-refractivity contribution in [3.63, 3.8) is 0 Å². The molecule has 1 saturated heterocycles. The minimum Gasteiger partial charge on any atom is -0.393 e. The summed E-state index contributed by atoms with van der Waals surface area (Å²) in [6, 6.07) is -0.581. The normalized spacial score (nSPS) is 41.8. The Balaban J connectivity index is 2.50. The third kappa shape index (κ3) is 0.849. The molecule has 4 nitrogen and oxygen atoms in total. The number of hydrogen-bond acceptors (Lipinski definition) is 4. The van der Waals surface area contributed by atoms with Gasteiger partial charge < -0.3 is 20.3 Å². The van der Waals surface area contributed by atoms with Crippen LogP contribution in [0.15, 0.2) is 0 Å². The lowest BCUT2D eigenvalue weighted by molar-refractivity contribution is -0.131. The van der Waals surface area contributed by atoms with Crippen molar-refractivity contribution in [2.45, 2.75) is 11.6 Å². The van der Waals surface area contributed by atoms with E-state index in [1.165, 1.54) is 0 Å². The average molecular weight is 131 g/mol. The molecule has 0 aromatic heterocycles. The number of nitrogens with one attached hydrogen (secondary N) is 1. The van der Waals surface area contributed by atoms with E-state index >= 15 is 0 Å². The lowest BCUT2D eigenvalue weighted by atomic mass is 9.88. The molecular formula is C5H9NO3. The quantitative estimate of drug-likeness (QED) is 0.375. The zero-order valence-corrected chi connectivity index (χ0v) is 4.87. The van der Waals surface area contributed by atoms with Crippen LogP contribution in [0, 0.1) is 0 Å². The van der Waals surface area contributed by atoms with E-state index in [0.29, 0.717) is 12.8 Å². The molecule has 0 spiro atoms. The van der Waals surface area contributed by atoms with Crippen molar-refractivity contribution in [2.24, 2.45) is 0 Å². The third-order valence-corrected chi connectivity index (χ3v) is 1.62. The van der Waals surface area contributed by atoms with Gasteiger partial charge in [0.2, 0.25) is 0 Å². The first-order valence-electron chi connectivity index (χ1n) is 2.75. The Morgan fingerprint density at radius 1 is 1.89 bits per heavy atom. The van der Waals surface area contributed by atoms with Gasteiger partial charge in [-0.3, -0.25) is 0 Å². The number of β-amino-alcohol motifs (C(OH)–C–C–N with tert-alkyl or cyclic N) is 1. The largest absolute Gasteiger partial charge is 0.393 e. The first-order valence-corrected chi connectivity index (χ1v) is 2.75. The van der Waals surface area contributed by atoms with Crippen molar-refractivity contribution in [1.82, 2.24) is 5.32 Å². The fourth-order valence-corrected chi connectivity index (χ4v) is 0.785. The van der Waals surface area contributed by atoms with Crippen LogP contribution in [0.25, 0.3) is 0 Å². The SMILES string of the molecule is O=CC1NCC1(O)CO. The van der Waals surface area contributed by atoms with E-state index in [9.17, 15) is 4.79 Å². The first-order chi connectivity index (χ1) is 4.23. The molecular weight excluding hydrogens is 122 g/mol. The van der Waals surface area contributed by atoms with E-state index in [4.69, 9.17) is 10.2 Å². The second kappa shape index (κ2) is 2.06. The van der Waals surface area contributed by atoms with E-state index < -0.39 is 11.6 Å². The van der Waals surface area contributed by atoms with Crippen LogP contribution in [0.4, 0.5) is 0 Å². The maximum Gasteiger partial charge on any atom is 0.139 e. The summed E-state index contributed by atoms with van der Waals surface area (Å²) in [6.07, 6.45) is 0.597. The van der Waals surface area contributed by atoms with Gasteiger partial charge in [0.15, 0.2) is 0 Å². The second-order valence-corrected chi connectivity index (χ2v) is 2.26. The van der Waals surface area contributed by atoms with E-state index in [-0.39, 0.29) is 6.61 Å². The van der Waals surface area contributed by atoms with Crippen molar-refractivity contribution in [3.8, 4) is 0 Å². The molecule has 1 rings (SSSR count). The molecule has 1 aliphatic heterocycles. The summed E-state index contributed by atoms with van der Waals surface area (Å²) in [4.78, 5) is 10.0. The summed E-state index contributed by atoms with van der Waals surface area (Å²) < 4.78 is 0. The molecule has 0 aromatic carbocycles. The zero-order chi connectivity index (χ0) is 6.91. The number of aliphatic hydroxyl groups excluding tert-OH is 1. The van der Waals surface area contributed by atoms with Crippen LogP contribution in [0.1, 0.15) is 0 Å². The number of carbonyl (C=O) groups excluding carboxylic acids is 1. The first kappa shape index (κ1) is 6.67. The molecule has 3 N–H and O–H groups in total. The van der Waals surface area contributed by atoms with E-state index in [0.717, 1.165) is 0 Å². The van der Waals surface area contributed by atoms with Gasteiger partial charge in [0, 0.05) is 6.54 Å². The second-order valence-electron chi connectivity index (χ2n) is 2.26. The fourth-order valence-electron chi connectivity index (χ4n) is 0.785. The van der Waals surface area contributed by atoms with Gasteiger partial charge in [0.05, 0.1) is 12.6 Å². The predicted molar refractivity (Wildman–Crippen MR) is 29.9 cm³/mol. The maximum absolute atomic E-state index is 10.0. The molecule has 0 amide bonds. The molecule has 1 aliphatic rings. The summed E-state index contributed by atoms with van der Waals surface area (Å²) in [7, 11) is 0. The number of aldehydes is 1. The van der Waals surface area contributed by atoms with Crippen molar-refractivity contribution >= 4 is 6.29 Å². The fraction of sp³-hybridized carbons (Fsp3) is 0.800. The number of aliphatic hydroxyl groups is 2. The van der Waals surface area contributed by atoms with E-state index in [1.807, 2.05) is 0 Å². The molecule has 0 aromatic rings. The van der Waals surface area contributed by atoms with Crippen LogP contribution in [0.5, 0.6) is 0 Å². The summed E-state index contributed by atoms with van der Waals surface area (Å²) >= 11 is 0. The van der Waals surface area contributed by atoms with E-state index in [2.05, 4.69) is 5.32 Å². The molecule has 2 atom stereocenters. The van der Waals surface area contributed by atoms with Crippen LogP contribution in [0.2, 0.25) is 0 Å². The van der Waals surface area contributed by atoms with Gasteiger partial charge in [0.25, 0.3) is 0 Å². The zero-order valence-electron chi connectivity index (χ0n) is 4.87. The number of carbonyl (C=O) groups is 1. The number of rotatable bonds is 2. The van der Waals surface area contributed by atoms with E-state index in [1.54, 1.807) is 0 Å². The minimum absolute atomic E-state index is 0.299. The monoisotopic (exact) mass is 131 g/mol. The molecule has 2 unspecified atom stereocenters. The summed E-state index contributed by atoms with van der Waals surface area (Å²) in [5, 5.41) is 20.3. The lowest BCUT2D eigenvalue weighted by Crippen LogP contribution is -2.70. The average Bonchev–Trinajstić information content (AvgIpc) is 1.85. The summed E-state index contributed by atoms with van der Waals surface area (Å²) in [5.74, 6) is 0. The maximum atomic E-state index is 10.0. The van der Waals surface area contributed by atoms with Crippen molar-refractivity contribution in [1.29, 1.82) is 0 Å². The van der Waals surface area contributed by atoms with Crippen molar-refractivity contribution < 1.29 is 15.0 Å². The Bertz CT molecular complexity index is 123. The molecule has 0 saturated carbocycles. The van der Waals surface area contributed by atoms with Gasteiger partial charge in [-0.2, -0.15) is 0 Å². The van der Waals surface area contributed by atoms with Gasteiger partial charge in [0.1, 0.15) is 11.9 Å². The highest BCUT2D eigenvalue weighted by atomic mass is 16.3. The Hall–Kier alpha value is -0.450. The van der Waals surface area contributed by atoms with Crippen LogP contribution in [-0.4, -0.2) is 41.3 Å². The Labute approximate surface area is 52.5 Å². The molecule has 1 fully saturated rings. The van der Waals surface area contributed by atoms with Gasteiger partial charge in [-0.1, -0.05) is 0 Å². The third-order valence-electron chi connectivity index (χ3n) is 1.62.